The second-order valence-corrected chi connectivity index (χ2v) is 7.29. The fourth-order valence-electron chi connectivity index (χ4n) is 3.76. The van der Waals surface area contributed by atoms with Crippen molar-refractivity contribution in [2.24, 2.45) is 0 Å². The number of benzene rings is 2. The summed E-state index contributed by atoms with van der Waals surface area (Å²) in [5.41, 5.74) is 15.4. The summed E-state index contributed by atoms with van der Waals surface area (Å²) in [6.45, 7) is 14.6. The maximum Gasteiger partial charge on any atom is 0.0485 e. The Bertz CT molecular complexity index is 1130. The van der Waals surface area contributed by atoms with Crippen LogP contribution in [-0.4, -0.2) is 4.57 Å². The van der Waals surface area contributed by atoms with Gasteiger partial charge in [-0.2, -0.15) is 0 Å². The van der Waals surface area contributed by atoms with Crippen LogP contribution in [0.5, 0.6) is 0 Å². The number of rotatable bonds is 7. The number of para-hydroxylation sites is 2. The van der Waals surface area contributed by atoms with Gasteiger partial charge in [0.1, 0.15) is 0 Å². The van der Waals surface area contributed by atoms with E-state index in [1.165, 1.54) is 11.1 Å². The molecule has 3 heteroatoms. The minimum atomic E-state index is 0.728. The molecule has 0 unspecified atom stereocenters. The van der Waals surface area contributed by atoms with E-state index < -0.39 is 0 Å². The lowest BCUT2D eigenvalue weighted by Gasteiger charge is -2.12. The van der Waals surface area contributed by atoms with Gasteiger partial charge in [0.25, 0.3) is 0 Å². The molecule has 0 fully saturated rings. The van der Waals surface area contributed by atoms with Crippen LogP contribution in [-0.2, 0) is 0 Å². The summed E-state index contributed by atoms with van der Waals surface area (Å²) in [5.74, 6) is 0. The molecule has 0 radical (unpaired) electrons. The lowest BCUT2D eigenvalue weighted by atomic mass is 10.0. The van der Waals surface area contributed by atoms with Crippen molar-refractivity contribution < 1.29 is 0 Å². The topological polar surface area (TPSA) is 43.0 Å². The SMILES string of the molecule is C=Cc1c(C)c(/C=C/Nc2ccccc2)c(C)n1/C(C)=C/C(=C)c1ccccc1N. The van der Waals surface area contributed by atoms with Crippen LogP contribution in [0.3, 0.4) is 0 Å². The number of nitrogens with two attached hydrogens (primary N) is 1. The normalized spacial score (nSPS) is 11.6. The number of nitrogens with zero attached hydrogens (tertiary/aromatic N) is 1. The summed E-state index contributed by atoms with van der Waals surface area (Å²) in [6.07, 6.45) is 8.06. The molecule has 1 heterocycles. The van der Waals surface area contributed by atoms with E-state index in [1.54, 1.807) is 0 Å². The van der Waals surface area contributed by atoms with E-state index in [-0.39, 0.29) is 0 Å². The summed E-state index contributed by atoms with van der Waals surface area (Å²) >= 11 is 0. The van der Waals surface area contributed by atoms with Crippen LogP contribution in [0, 0.1) is 13.8 Å². The van der Waals surface area contributed by atoms with Crippen LogP contribution >= 0.6 is 0 Å². The molecule has 2 aromatic carbocycles. The Kier molecular flexibility index (Phi) is 6.43. The van der Waals surface area contributed by atoms with Crippen molar-refractivity contribution in [2.45, 2.75) is 20.8 Å². The zero-order chi connectivity index (χ0) is 21.7. The van der Waals surface area contributed by atoms with Gasteiger partial charge in [0.15, 0.2) is 0 Å². The van der Waals surface area contributed by atoms with Gasteiger partial charge in [0, 0.05) is 45.8 Å². The van der Waals surface area contributed by atoms with Gasteiger partial charge < -0.3 is 15.6 Å². The molecular weight excluding hydrogens is 366 g/mol. The second-order valence-electron chi connectivity index (χ2n) is 7.29. The van der Waals surface area contributed by atoms with Crippen LogP contribution in [0.4, 0.5) is 11.4 Å². The first-order valence-corrected chi connectivity index (χ1v) is 9.99. The van der Waals surface area contributed by atoms with Gasteiger partial charge in [-0.25, -0.2) is 0 Å². The first-order valence-electron chi connectivity index (χ1n) is 9.99. The summed E-state index contributed by atoms with van der Waals surface area (Å²) in [6, 6.07) is 17.9. The summed E-state index contributed by atoms with van der Waals surface area (Å²) in [7, 11) is 0. The van der Waals surface area contributed by atoms with E-state index in [4.69, 9.17) is 5.73 Å². The molecule has 0 aliphatic rings. The maximum atomic E-state index is 6.12. The van der Waals surface area contributed by atoms with Crippen molar-refractivity contribution in [2.75, 3.05) is 11.1 Å². The minimum absolute atomic E-state index is 0.728. The number of nitrogen functional groups attached to an aromatic ring is 1. The largest absolute Gasteiger partial charge is 0.398 e. The molecule has 30 heavy (non-hydrogen) atoms. The molecule has 3 rings (SSSR count). The molecule has 0 saturated carbocycles. The first-order chi connectivity index (χ1) is 14.4. The molecule has 0 bridgehead atoms. The predicted molar refractivity (Wildman–Crippen MR) is 133 cm³/mol. The molecule has 0 spiro atoms. The third-order valence-electron chi connectivity index (χ3n) is 5.26. The molecule has 3 N–H and O–H groups in total. The lowest BCUT2D eigenvalue weighted by molar-refractivity contribution is 1.01. The molecule has 0 saturated heterocycles. The van der Waals surface area contributed by atoms with Crippen LogP contribution < -0.4 is 11.1 Å². The molecule has 3 aromatic rings. The number of nitrogens with one attached hydrogen (secondary N) is 1. The van der Waals surface area contributed by atoms with E-state index in [2.05, 4.69) is 56.0 Å². The van der Waals surface area contributed by atoms with E-state index in [0.717, 1.165) is 39.6 Å². The Hall–Kier alpha value is -3.72. The highest BCUT2D eigenvalue weighted by atomic mass is 15.0. The summed E-state index contributed by atoms with van der Waals surface area (Å²) < 4.78 is 2.22. The Morgan fingerprint density at radius 2 is 1.70 bits per heavy atom. The minimum Gasteiger partial charge on any atom is -0.398 e. The fourth-order valence-corrected chi connectivity index (χ4v) is 3.76. The van der Waals surface area contributed by atoms with Crippen molar-refractivity contribution >= 4 is 34.8 Å². The van der Waals surface area contributed by atoms with Gasteiger partial charge in [-0.05, 0) is 68.3 Å². The van der Waals surface area contributed by atoms with E-state index in [0.29, 0.717) is 0 Å². The standard InChI is InChI=1S/C27H29N3/c1-6-27-21(4)25(16-17-29-23-12-8-7-9-13-23)22(5)30(27)20(3)18-19(2)24-14-10-11-15-26(24)28/h6-18,29H,1-2,28H2,3-5H3/b17-16+,20-18+. The third kappa shape index (κ3) is 4.31. The highest BCUT2D eigenvalue weighted by Crippen LogP contribution is 2.30. The summed E-state index contributed by atoms with van der Waals surface area (Å²) in [5, 5.41) is 3.33. The van der Waals surface area contributed by atoms with Crippen LogP contribution in [0.2, 0.25) is 0 Å². The van der Waals surface area contributed by atoms with Crippen LogP contribution in [0.25, 0.3) is 23.4 Å². The Morgan fingerprint density at radius 3 is 2.37 bits per heavy atom. The molecule has 3 nitrogen and oxygen atoms in total. The van der Waals surface area contributed by atoms with E-state index in [9.17, 15) is 0 Å². The molecule has 0 amide bonds. The van der Waals surface area contributed by atoms with Crippen molar-refractivity contribution in [1.29, 1.82) is 0 Å². The molecule has 152 valence electrons. The molecule has 1 aromatic heterocycles. The van der Waals surface area contributed by atoms with Gasteiger partial charge in [-0.15, -0.1) is 0 Å². The number of hydrogen-bond acceptors (Lipinski definition) is 2. The molecule has 0 aliphatic carbocycles. The highest BCUT2D eigenvalue weighted by molar-refractivity contribution is 5.84. The third-order valence-corrected chi connectivity index (χ3v) is 5.26. The quantitative estimate of drug-likeness (QED) is 0.334. The number of allylic oxidation sites excluding steroid dienone is 3. The lowest BCUT2D eigenvalue weighted by Crippen LogP contribution is -2.00. The Balaban J connectivity index is 1.95. The van der Waals surface area contributed by atoms with Gasteiger partial charge in [0.05, 0.1) is 0 Å². The zero-order valence-electron chi connectivity index (χ0n) is 17.9. The average molecular weight is 396 g/mol. The maximum absolute atomic E-state index is 6.12. The van der Waals surface area contributed by atoms with Gasteiger partial charge in [-0.3, -0.25) is 0 Å². The summed E-state index contributed by atoms with van der Waals surface area (Å²) in [4.78, 5) is 0. The number of anilines is 2. The van der Waals surface area contributed by atoms with E-state index in [1.807, 2.05) is 66.9 Å². The smallest absolute Gasteiger partial charge is 0.0485 e. The number of aromatic nitrogens is 1. The fraction of sp³-hybridized carbons (Fsp3) is 0.111. The van der Waals surface area contributed by atoms with Crippen molar-refractivity contribution in [3.63, 3.8) is 0 Å². The predicted octanol–water partition coefficient (Wildman–Crippen LogP) is 6.99. The Morgan fingerprint density at radius 1 is 1.03 bits per heavy atom. The zero-order valence-corrected chi connectivity index (χ0v) is 17.9. The first kappa shape index (κ1) is 21.0. The Labute approximate surface area is 179 Å². The molecule has 0 aliphatic heterocycles. The average Bonchev–Trinajstić information content (AvgIpc) is 2.98. The molecular formula is C27H29N3. The van der Waals surface area contributed by atoms with Crippen LogP contribution in [0.1, 0.15) is 35.0 Å². The van der Waals surface area contributed by atoms with Crippen molar-refractivity contribution in [3.8, 4) is 0 Å². The van der Waals surface area contributed by atoms with Crippen molar-refractivity contribution in [1.82, 2.24) is 4.57 Å². The van der Waals surface area contributed by atoms with Gasteiger partial charge in [-0.1, -0.05) is 49.6 Å². The monoisotopic (exact) mass is 395 g/mol. The van der Waals surface area contributed by atoms with Crippen LogP contribution in [0.15, 0.2) is 80.0 Å². The van der Waals surface area contributed by atoms with Gasteiger partial charge in [0.2, 0.25) is 0 Å². The van der Waals surface area contributed by atoms with E-state index >= 15 is 0 Å². The number of hydrogen-bond donors (Lipinski definition) is 2. The van der Waals surface area contributed by atoms with Gasteiger partial charge >= 0.3 is 0 Å². The molecule has 0 atom stereocenters. The highest BCUT2D eigenvalue weighted by Gasteiger charge is 2.15. The second kappa shape index (κ2) is 9.19. The van der Waals surface area contributed by atoms with Crippen molar-refractivity contribution in [3.05, 3.63) is 108 Å².